The molecule has 1 aliphatic rings. The number of rotatable bonds is 6. The lowest BCUT2D eigenvalue weighted by Crippen LogP contribution is -2.36. The third-order valence-electron chi connectivity index (χ3n) is 2.93. The summed E-state index contributed by atoms with van der Waals surface area (Å²) in [5, 5.41) is 3.05. The van der Waals surface area contributed by atoms with Gasteiger partial charge in [-0.2, -0.15) is 0 Å². The van der Waals surface area contributed by atoms with E-state index in [4.69, 9.17) is 0 Å². The van der Waals surface area contributed by atoms with Crippen LogP contribution in [0.3, 0.4) is 0 Å². The minimum atomic E-state index is 0.0684. The molecule has 15 heavy (non-hydrogen) atoms. The summed E-state index contributed by atoms with van der Waals surface area (Å²) in [6, 6.07) is 0.0684. The first-order valence-corrected chi connectivity index (χ1v) is 5.76. The highest BCUT2D eigenvalue weighted by Gasteiger charge is 2.29. The topological polar surface area (TPSA) is 35.6 Å². The van der Waals surface area contributed by atoms with E-state index in [9.17, 15) is 4.79 Å². The molecule has 1 rings (SSSR count). The molecule has 0 bridgehead atoms. The van der Waals surface area contributed by atoms with Gasteiger partial charge in [0.15, 0.2) is 0 Å². The van der Waals surface area contributed by atoms with Gasteiger partial charge < -0.3 is 15.1 Å². The maximum absolute atomic E-state index is 11.7. The van der Waals surface area contributed by atoms with Crippen LogP contribution < -0.4 is 5.32 Å². The van der Waals surface area contributed by atoms with Gasteiger partial charge in [-0.15, -0.1) is 0 Å². The van der Waals surface area contributed by atoms with E-state index in [1.165, 1.54) is 6.42 Å². The van der Waals surface area contributed by atoms with Crippen LogP contribution in [0.2, 0.25) is 0 Å². The molecule has 0 spiro atoms. The summed E-state index contributed by atoms with van der Waals surface area (Å²) in [6.45, 7) is 2.95. The predicted molar refractivity (Wildman–Crippen MR) is 61.8 cm³/mol. The zero-order valence-corrected chi connectivity index (χ0v) is 10.1. The van der Waals surface area contributed by atoms with Crippen LogP contribution in [0.4, 0.5) is 0 Å². The fraction of sp³-hybridized carbons (Fsp3) is 0.909. The lowest BCUT2D eigenvalue weighted by molar-refractivity contribution is -0.129. The zero-order chi connectivity index (χ0) is 11.3. The van der Waals surface area contributed by atoms with Crippen molar-refractivity contribution in [2.75, 3.05) is 40.8 Å². The lowest BCUT2D eigenvalue weighted by Gasteiger charge is -2.17. The Balaban J connectivity index is 2.15. The number of amides is 1. The fourth-order valence-electron chi connectivity index (χ4n) is 1.96. The summed E-state index contributed by atoms with van der Waals surface area (Å²) in [7, 11) is 6.02. The highest BCUT2D eigenvalue weighted by Crippen LogP contribution is 2.11. The number of hydrogen-bond donors (Lipinski definition) is 1. The highest BCUT2D eigenvalue weighted by molar-refractivity contribution is 5.83. The summed E-state index contributed by atoms with van der Waals surface area (Å²) < 4.78 is 0. The summed E-state index contributed by atoms with van der Waals surface area (Å²) in [5.41, 5.74) is 0. The molecule has 0 radical (unpaired) electrons. The number of unbranched alkanes of at least 4 members (excludes halogenated alkanes) is 1. The first-order chi connectivity index (χ1) is 7.15. The molecule has 0 aromatic heterocycles. The number of likely N-dealkylation sites (tertiary alicyclic amines) is 1. The second-order valence-corrected chi connectivity index (χ2v) is 4.47. The molecule has 4 heteroatoms. The van der Waals surface area contributed by atoms with Gasteiger partial charge in [-0.05, 0) is 47.0 Å². The van der Waals surface area contributed by atoms with Gasteiger partial charge >= 0.3 is 0 Å². The monoisotopic (exact) mass is 213 g/mol. The molecule has 1 atom stereocenters. The molecule has 0 saturated carbocycles. The number of carbonyl (C=O) groups is 1. The van der Waals surface area contributed by atoms with Gasteiger partial charge in [0.1, 0.15) is 0 Å². The molecule has 1 heterocycles. The second kappa shape index (κ2) is 6.08. The third kappa shape index (κ3) is 3.80. The van der Waals surface area contributed by atoms with Crippen LogP contribution in [0.25, 0.3) is 0 Å². The van der Waals surface area contributed by atoms with Crippen molar-refractivity contribution in [2.24, 2.45) is 0 Å². The van der Waals surface area contributed by atoms with Gasteiger partial charge in [0.25, 0.3) is 0 Å². The van der Waals surface area contributed by atoms with Gasteiger partial charge in [0.05, 0.1) is 6.04 Å². The molecule has 1 N–H and O–H groups in total. The van der Waals surface area contributed by atoms with Gasteiger partial charge in [-0.1, -0.05) is 0 Å². The molecular formula is C11H23N3O. The maximum Gasteiger partial charge on any atom is 0.239 e. The molecule has 4 nitrogen and oxygen atoms in total. The zero-order valence-electron chi connectivity index (χ0n) is 10.1. The van der Waals surface area contributed by atoms with Crippen molar-refractivity contribution >= 4 is 5.91 Å². The predicted octanol–water partition coefficient (Wildman–Crippen LogP) is 0.149. The summed E-state index contributed by atoms with van der Waals surface area (Å²) in [6.07, 6.45) is 3.24. The van der Waals surface area contributed by atoms with E-state index >= 15 is 0 Å². The Kier molecular flexibility index (Phi) is 5.05. The standard InChI is InChI=1S/C11H23N3O/c1-12-10-6-9-14(11(10)15)8-5-4-7-13(2)3/h10,12H,4-9H2,1-3H3. The van der Waals surface area contributed by atoms with Crippen molar-refractivity contribution in [3.8, 4) is 0 Å². The van der Waals surface area contributed by atoms with Gasteiger partial charge in [0.2, 0.25) is 5.91 Å². The summed E-state index contributed by atoms with van der Waals surface area (Å²) in [4.78, 5) is 15.9. The Labute approximate surface area is 92.6 Å². The molecule has 0 aromatic carbocycles. The SMILES string of the molecule is CNC1CCN(CCCCN(C)C)C1=O. The summed E-state index contributed by atoms with van der Waals surface area (Å²) in [5.74, 6) is 0.280. The fourth-order valence-corrected chi connectivity index (χ4v) is 1.96. The first kappa shape index (κ1) is 12.5. The Morgan fingerprint density at radius 1 is 1.47 bits per heavy atom. The number of likely N-dealkylation sites (N-methyl/N-ethyl adjacent to an activating group) is 1. The summed E-state index contributed by atoms with van der Waals surface area (Å²) >= 11 is 0. The van der Waals surface area contributed by atoms with Crippen LogP contribution >= 0.6 is 0 Å². The van der Waals surface area contributed by atoms with Crippen molar-refractivity contribution in [2.45, 2.75) is 25.3 Å². The Hall–Kier alpha value is -0.610. The molecule has 88 valence electrons. The largest absolute Gasteiger partial charge is 0.341 e. The van der Waals surface area contributed by atoms with Crippen molar-refractivity contribution in [1.82, 2.24) is 15.1 Å². The number of nitrogens with zero attached hydrogens (tertiary/aromatic N) is 2. The van der Waals surface area contributed by atoms with Gasteiger partial charge in [-0.25, -0.2) is 0 Å². The number of carbonyl (C=O) groups excluding carboxylic acids is 1. The number of hydrogen-bond acceptors (Lipinski definition) is 3. The average molecular weight is 213 g/mol. The highest BCUT2D eigenvalue weighted by atomic mass is 16.2. The Morgan fingerprint density at radius 3 is 2.73 bits per heavy atom. The normalized spacial score (nSPS) is 21.7. The molecule has 1 amide bonds. The van der Waals surface area contributed by atoms with E-state index in [1.54, 1.807) is 0 Å². The van der Waals surface area contributed by atoms with E-state index in [0.29, 0.717) is 0 Å². The molecule has 0 aromatic rings. The maximum atomic E-state index is 11.7. The Morgan fingerprint density at radius 2 is 2.20 bits per heavy atom. The van der Waals surface area contributed by atoms with Crippen molar-refractivity contribution in [3.63, 3.8) is 0 Å². The van der Waals surface area contributed by atoms with Crippen LogP contribution in [0, 0.1) is 0 Å². The molecule has 1 fully saturated rings. The molecule has 1 aliphatic heterocycles. The first-order valence-electron chi connectivity index (χ1n) is 5.76. The molecule has 0 aliphatic carbocycles. The molecule has 1 saturated heterocycles. The average Bonchev–Trinajstić information content (AvgIpc) is 2.54. The minimum absolute atomic E-state index is 0.0684. The Bertz CT molecular complexity index is 206. The van der Waals surface area contributed by atoms with Crippen LogP contribution in [0.15, 0.2) is 0 Å². The van der Waals surface area contributed by atoms with E-state index in [2.05, 4.69) is 24.3 Å². The van der Waals surface area contributed by atoms with Crippen LogP contribution in [0.5, 0.6) is 0 Å². The quantitative estimate of drug-likeness (QED) is 0.638. The van der Waals surface area contributed by atoms with E-state index in [1.807, 2.05) is 11.9 Å². The van der Waals surface area contributed by atoms with Crippen molar-refractivity contribution < 1.29 is 4.79 Å². The molecular weight excluding hydrogens is 190 g/mol. The lowest BCUT2D eigenvalue weighted by atomic mass is 10.2. The smallest absolute Gasteiger partial charge is 0.239 e. The molecule has 1 unspecified atom stereocenters. The minimum Gasteiger partial charge on any atom is -0.341 e. The second-order valence-electron chi connectivity index (χ2n) is 4.47. The van der Waals surface area contributed by atoms with E-state index in [-0.39, 0.29) is 11.9 Å². The van der Waals surface area contributed by atoms with E-state index in [0.717, 1.165) is 32.5 Å². The van der Waals surface area contributed by atoms with Crippen molar-refractivity contribution in [3.05, 3.63) is 0 Å². The third-order valence-corrected chi connectivity index (χ3v) is 2.93. The van der Waals surface area contributed by atoms with Crippen molar-refractivity contribution in [1.29, 1.82) is 0 Å². The van der Waals surface area contributed by atoms with Gasteiger partial charge in [-0.3, -0.25) is 4.79 Å². The van der Waals surface area contributed by atoms with Crippen LogP contribution in [-0.4, -0.2) is 62.5 Å². The van der Waals surface area contributed by atoms with Gasteiger partial charge in [0, 0.05) is 13.1 Å². The van der Waals surface area contributed by atoms with Crippen LogP contribution in [-0.2, 0) is 4.79 Å². The number of nitrogens with one attached hydrogen (secondary N) is 1. The van der Waals surface area contributed by atoms with E-state index < -0.39 is 0 Å². The van der Waals surface area contributed by atoms with Crippen LogP contribution in [0.1, 0.15) is 19.3 Å².